The molecule has 2 aliphatic heterocycles. The van der Waals surface area contributed by atoms with E-state index < -0.39 is 28.7 Å². The molecule has 4 heterocycles. The molecule has 0 aliphatic carbocycles. The Morgan fingerprint density at radius 2 is 1.87 bits per heavy atom. The number of aromatic nitrogens is 2. The SMILES string of the molecule is CC(C)(O)C(=O)NC(C)(c1ccc(F)c(F)c1)c1ccc(CN2CCC3(CC2)OCc2ccncc23)cn1. The van der Waals surface area contributed by atoms with E-state index in [0.29, 0.717) is 24.4 Å². The maximum atomic E-state index is 14.1. The number of carbonyl (C=O) groups is 1. The summed E-state index contributed by atoms with van der Waals surface area (Å²) < 4.78 is 34.0. The van der Waals surface area contributed by atoms with Gasteiger partial charge in [0, 0.05) is 43.8 Å². The molecule has 38 heavy (non-hydrogen) atoms. The molecule has 2 N–H and O–H groups in total. The Kier molecular flexibility index (Phi) is 6.79. The molecule has 1 aromatic carbocycles. The normalized spacial score (nSPS) is 18.7. The smallest absolute Gasteiger partial charge is 0.252 e. The summed E-state index contributed by atoms with van der Waals surface area (Å²) in [6, 6.07) is 9.18. The number of likely N-dealkylation sites (tertiary alicyclic amines) is 1. The van der Waals surface area contributed by atoms with Crippen molar-refractivity contribution in [3.05, 3.63) is 94.6 Å². The number of benzene rings is 1. The molecule has 9 heteroatoms. The largest absolute Gasteiger partial charge is 0.381 e. The Balaban J connectivity index is 1.32. The number of carbonyl (C=O) groups excluding carboxylic acids is 1. The third-order valence-corrected chi connectivity index (χ3v) is 7.73. The second-order valence-electron chi connectivity index (χ2n) is 10.9. The van der Waals surface area contributed by atoms with Crippen LogP contribution in [0.4, 0.5) is 8.78 Å². The molecule has 1 spiro atoms. The van der Waals surface area contributed by atoms with E-state index in [9.17, 15) is 18.7 Å². The van der Waals surface area contributed by atoms with Gasteiger partial charge in [-0.3, -0.25) is 19.7 Å². The summed E-state index contributed by atoms with van der Waals surface area (Å²) in [5, 5.41) is 13.0. The van der Waals surface area contributed by atoms with Crippen LogP contribution >= 0.6 is 0 Å². The van der Waals surface area contributed by atoms with Gasteiger partial charge in [-0.2, -0.15) is 0 Å². The summed E-state index contributed by atoms with van der Waals surface area (Å²) >= 11 is 0. The number of amides is 1. The molecule has 2 aromatic heterocycles. The minimum absolute atomic E-state index is 0.257. The van der Waals surface area contributed by atoms with E-state index in [1.165, 1.54) is 31.0 Å². The van der Waals surface area contributed by atoms with Crippen molar-refractivity contribution in [3.63, 3.8) is 0 Å². The number of halogens is 2. The van der Waals surface area contributed by atoms with Gasteiger partial charge in [0.15, 0.2) is 11.6 Å². The van der Waals surface area contributed by atoms with Crippen molar-refractivity contribution in [2.24, 2.45) is 0 Å². The van der Waals surface area contributed by atoms with Gasteiger partial charge in [-0.15, -0.1) is 0 Å². The Bertz CT molecular complexity index is 1330. The highest BCUT2D eigenvalue weighted by Crippen LogP contribution is 2.43. The molecule has 0 bridgehead atoms. The molecule has 2 aliphatic rings. The van der Waals surface area contributed by atoms with Gasteiger partial charge >= 0.3 is 0 Å². The van der Waals surface area contributed by atoms with Crippen LogP contribution in [0.2, 0.25) is 0 Å². The molecule has 200 valence electrons. The molecular weight excluding hydrogens is 490 g/mol. The predicted molar refractivity (Wildman–Crippen MR) is 137 cm³/mol. The molecule has 1 amide bonds. The van der Waals surface area contributed by atoms with E-state index >= 15 is 0 Å². The fourth-order valence-corrected chi connectivity index (χ4v) is 5.28. The third kappa shape index (κ3) is 4.93. The highest BCUT2D eigenvalue weighted by Gasteiger charge is 2.43. The molecule has 0 radical (unpaired) electrons. The van der Waals surface area contributed by atoms with Crippen LogP contribution in [-0.4, -0.2) is 44.6 Å². The number of rotatable bonds is 6. The van der Waals surface area contributed by atoms with Gasteiger partial charge in [-0.05, 0) is 74.6 Å². The first-order valence-electron chi connectivity index (χ1n) is 12.8. The molecule has 1 saturated heterocycles. The Morgan fingerprint density at radius 1 is 1.11 bits per heavy atom. The number of hydrogen-bond donors (Lipinski definition) is 2. The maximum Gasteiger partial charge on any atom is 0.252 e. The van der Waals surface area contributed by atoms with Gasteiger partial charge in [0.25, 0.3) is 5.91 Å². The van der Waals surface area contributed by atoms with Gasteiger partial charge in [0.05, 0.1) is 17.9 Å². The lowest BCUT2D eigenvalue weighted by molar-refractivity contribution is -0.138. The zero-order valence-electron chi connectivity index (χ0n) is 21.8. The van der Waals surface area contributed by atoms with Gasteiger partial charge in [-0.25, -0.2) is 8.78 Å². The Hall–Kier alpha value is -3.27. The maximum absolute atomic E-state index is 14.1. The van der Waals surface area contributed by atoms with Gasteiger partial charge in [-0.1, -0.05) is 12.1 Å². The van der Waals surface area contributed by atoms with Crippen LogP contribution in [0, 0.1) is 11.6 Å². The fourth-order valence-electron chi connectivity index (χ4n) is 5.28. The first-order valence-corrected chi connectivity index (χ1v) is 12.8. The van der Waals surface area contributed by atoms with Crippen LogP contribution in [0.5, 0.6) is 0 Å². The number of nitrogens with zero attached hydrogens (tertiary/aromatic N) is 3. The summed E-state index contributed by atoms with van der Waals surface area (Å²) in [7, 11) is 0. The summed E-state index contributed by atoms with van der Waals surface area (Å²) in [5.74, 6) is -2.68. The van der Waals surface area contributed by atoms with Crippen molar-refractivity contribution in [3.8, 4) is 0 Å². The number of pyridine rings is 2. The number of ether oxygens (including phenoxy) is 1. The molecule has 0 saturated carbocycles. The van der Waals surface area contributed by atoms with Crippen LogP contribution in [0.25, 0.3) is 0 Å². The lowest BCUT2D eigenvalue weighted by Gasteiger charge is -2.39. The van der Waals surface area contributed by atoms with E-state index in [4.69, 9.17) is 4.74 Å². The Labute approximate surface area is 220 Å². The first-order chi connectivity index (χ1) is 18.0. The zero-order valence-corrected chi connectivity index (χ0v) is 21.8. The second kappa shape index (κ2) is 9.80. The van der Waals surface area contributed by atoms with Gasteiger partial charge in [0.2, 0.25) is 0 Å². The van der Waals surface area contributed by atoms with Crippen molar-refractivity contribution in [2.45, 2.75) is 63.5 Å². The number of piperidine rings is 1. The van der Waals surface area contributed by atoms with E-state index in [1.54, 1.807) is 25.4 Å². The first kappa shape index (κ1) is 26.3. The van der Waals surface area contributed by atoms with Crippen molar-refractivity contribution >= 4 is 5.91 Å². The summed E-state index contributed by atoms with van der Waals surface area (Å²) in [5.41, 5.74) is 0.916. The highest BCUT2D eigenvalue weighted by atomic mass is 19.2. The third-order valence-electron chi connectivity index (χ3n) is 7.73. The van der Waals surface area contributed by atoms with Crippen LogP contribution < -0.4 is 5.32 Å². The van der Waals surface area contributed by atoms with Crippen LogP contribution in [0.3, 0.4) is 0 Å². The molecule has 1 atom stereocenters. The average Bonchev–Trinajstić information content (AvgIpc) is 3.25. The average molecular weight is 523 g/mol. The monoisotopic (exact) mass is 522 g/mol. The van der Waals surface area contributed by atoms with Crippen molar-refractivity contribution in [2.75, 3.05) is 13.1 Å². The molecule has 5 rings (SSSR count). The standard InChI is InChI=1S/C29H32F2N4O3/c1-27(2,37)26(36)34-28(3,21-5-6-23(30)24(31)14-21)25-7-4-19(15-33-25)17-35-12-9-29(10-13-35)22-16-32-11-8-20(22)18-38-29/h4-8,11,14-16,37H,9-10,12-13,17-18H2,1-3H3,(H,34,36). The minimum Gasteiger partial charge on any atom is -0.381 e. The van der Waals surface area contributed by atoms with Crippen LogP contribution in [-0.2, 0) is 33.8 Å². The molecule has 1 unspecified atom stereocenters. The Morgan fingerprint density at radius 3 is 2.53 bits per heavy atom. The zero-order chi connectivity index (χ0) is 27.1. The van der Waals surface area contributed by atoms with Crippen molar-refractivity contribution in [1.29, 1.82) is 0 Å². The minimum atomic E-state index is -1.68. The van der Waals surface area contributed by atoms with E-state index in [0.717, 1.165) is 43.6 Å². The second-order valence-corrected chi connectivity index (χ2v) is 10.9. The van der Waals surface area contributed by atoms with Crippen LogP contribution in [0.15, 0.2) is 55.0 Å². The number of aliphatic hydroxyl groups is 1. The quantitative estimate of drug-likeness (QED) is 0.510. The van der Waals surface area contributed by atoms with E-state index in [2.05, 4.69) is 20.2 Å². The summed E-state index contributed by atoms with van der Waals surface area (Å²) in [6.45, 7) is 7.43. The van der Waals surface area contributed by atoms with E-state index in [-0.39, 0.29) is 5.60 Å². The van der Waals surface area contributed by atoms with Gasteiger partial charge < -0.3 is 15.2 Å². The van der Waals surface area contributed by atoms with Crippen molar-refractivity contribution in [1.82, 2.24) is 20.2 Å². The van der Waals surface area contributed by atoms with Crippen molar-refractivity contribution < 1.29 is 23.4 Å². The van der Waals surface area contributed by atoms with Gasteiger partial charge in [0.1, 0.15) is 11.1 Å². The van der Waals surface area contributed by atoms with E-state index in [1.807, 2.05) is 18.3 Å². The lowest BCUT2D eigenvalue weighted by Crippen LogP contribution is -2.52. The molecule has 1 fully saturated rings. The van der Waals surface area contributed by atoms with Crippen LogP contribution in [0.1, 0.15) is 61.6 Å². The number of hydrogen-bond acceptors (Lipinski definition) is 6. The molecule has 3 aromatic rings. The predicted octanol–water partition coefficient (Wildman–Crippen LogP) is 3.93. The molecular formula is C29H32F2N4O3. The summed E-state index contributed by atoms with van der Waals surface area (Å²) in [6.07, 6.45) is 7.24. The molecule has 7 nitrogen and oxygen atoms in total. The fraction of sp³-hybridized carbons (Fsp3) is 0.414. The topological polar surface area (TPSA) is 87.6 Å². The lowest BCUT2D eigenvalue weighted by atomic mass is 9.84. The number of fused-ring (bicyclic) bond motifs is 2. The summed E-state index contributed by atoms with van der Waals surface area (Å²) in [4.78, 5) is 24.0. The number of nitrogens with one attached hydrogen (secondary N) is 1. The highest BCUT2D eigenvalue weighted by molar-refractivity contribution is 5.85.